The smallest absolute Gasteiger partial charge is 0.244 e. The molecule has 0 spiro atoms. The van der Waals surface area contributed by atoms with Crippen molar-refractivity contribution in [1.29, 1.82) is 0 Å². The molecular weight excluding hydrogens is 226 g/mol. The lowest BCUT2D eigenvalue weighted by molar-refractivity contribution is -0.117. The molecule has 1 N–H and O–H groups in total. The number of hydrogen-bond acceptors (Lipinski definition) is 2. The molecule has 1 aromatic carbocycles. The van der Waals surface area contributed by atoms with Gasteiger partial charge in [0.15, 0.2) is 0 Å². The average molecular weight is 247 g/mol. The van der Waals surface area contributed by atoms with Gasteiger partial charge < -0.3 is 10.1 Å². The summed E-state index contributed by atoms with van der Waals surface area (Å²) >= 11 is 0. The van der Waals surface area contributed by atoms with Crippen molar-refractivity contribution in [2.45, 2.75) is 26.8 Å². The summed E-state index contributed by atoms with van der Waals surface area (Å²) in [7, 11) is 1.62. The van der Waals surface area contributed by atoms with Crippen LogP contribution in [0.15, 0.2) is 30.3 Å². The van der Waals surface area contributed by atoms with Crippen molar-refractivity contribution in [3.63, 3.8) is 0 Å². The largest absolute Gasteiger partial charge is 0.496 e. The Labute approximate surface area is 109 Å². The van der Waals surface area contributed by atoms with Crippen LogP contribution in [0.5, 0.6) is 5.75 Å². The minimum atomic E-state index is -0.0814. The van der Waals surface area contributed by atoms with Crippen LogP contribution < -0.4 is 10.1 Å². The average Bonchev–Trinajstić information content (AvgIpc) is 2.36. The second kappa shape index (κ2) is 6.84. The van der Waals surface area contributed by atoms with Crippen LogP contribution in [0.1, 0.15) is 26.3 Å². The fourth-order valence-electron chi connectivity index (χ4n) is 1.41. The number of nitrogens with one attached hydrogen (secondary N) is 1. The van der Waals surface area contributed by atoms with Gasteiger partial charge in [-0.1, -0.05) is 32.0 Å². The summed E-state index contributed by atoms with van der Waals surface area (Å²) in [6, 6.07) is 7.76. The Bertz CT molecular complexity index is 424. The maximum absolute atomic E-state index is 11.7. The first-order valence-corrected chi connectivity index (χ1v) is 6.16. The molecule has 1 atom stereocenters. The molecule has 0 unspecified atom stereocenters. The summed E-state index contributed by atoms with van der Waals surface area (Å²) in [5.74, 6) is 1.11. The fraction of sp³-hybridized carbons (Fsp3) is 0.400. The number of methoxy groups -OCH3 is 1. The van der Waals surface area contributed by atoms with Crippen LogP contribution in [0, 0.1) is 5.92 Å². The van der Waals surface area contributed by atoms with E-state index in [4.69, 9.17) is 4.74 Å². The molecule has 1 amide bonds. The van der Waals surface area contributed by atoms with Gasteiger partial charge in [0.2, 0.25) is 5.91 Å². The summed E-state index contributed by atoms with van der Waals surface area (Å²) < 4.78 is 5.21. The van der Waals surface area contributed by atoms with E-state index in [1.165, 1.54) is 6.08 Å². The highest BCUT2D eigenvalue weighted by Gasteiger charge is 2.08. The van der Waals surface area contributed by atoms with Gasteiger partial charge >= 0.3 is 0 Å². The number of amides is 1. The third-order valence-electron chi connectivity index (χ3n) is 2.92. The highest BCUT2D eigenvalue weighted by Crippen LogP contribution is 2.18. The van der Waals surface area contributed by atoms with Crippen molar-refractivity contribution in [2.24, 2.45) is 5.92 Å². The van der Waals surface area contributed by atoms with Crippen molar-refractivity contribution < 1.29 is 9.53 Å². The second-order valence-corrected chi connectivity index (χ2v) is 4.62. The van der Waals surface area contributed by atoms with Crippen molar-refractivity contribution in [3.05, 3.63) is 35.9 Å². The Morgan fingerprint density at radius 2 is 1.94 bits per heavy atom. The number of carbonyl (C=O) groups is 1. The maximum Gasteiger partial charge on any atom is 0.244 e. The standard InChI is InChI=1S/C15H21NO2/c1-11(2)12(3)16-15(17)10-9-13-7-5-6-8-14(13)18-4/h5-12H,1-4H3,(H,16,17)/b10-9+/t12-/m0/s1. The van der Waals surface area contributed by atoms with E-state index in [1.54, 1.807) is 13.2 Å². The first-order chi connectivity index (χ1) is 8.54. The molecule has 1 aromatic rings. The van der Waals surface area contributed by atoms with Gasteiger partial charge in [-0.05, 0) is 25.0 Å². The Morgan fingerprint density at radius 3 is 2.56 bits per heavy atom. The molecule has 0 aliphatic rings. The molecule has 0 aliphatic heterocycles. The molecule has 0 bridgehead atoms. The predicted molar refractivity (Wildman–Crippen MR) is 74.5 cm³/mol. The molecule has 3 heteroatoms. The Balaban J connectivity index is 2.66. The lowest BCUT2D eigenvalue weighted by Gasteiger charge is -2.15. The van der Waals surface area contributed by atoms with Crippen LogP contribution in [-0.4, -0.2) is 19.1 Å². The molecule has 0 fully saturated rings. The maximum atomic E-state index is 11.7. The van der Waals surface area contributed by atoms with Crippen LogP contribution in [0.4, 0.5) is 0 Å². The zero-order valence-corrected chi connectivity index (χ0v) is 11.4. The van der Waals surface area contributed by atoms with Crippen LogP contribution in [0.25, 0.3) is 6.08 Å². The Hall–Kier alpha value is -1.77. The van der Waals surface area contributed by atoms with Crippen molar-refractivity contribution in [2.75, 3.05) is 7.11 Å². The van der Waals surface area contributed by atoms with E-state index < -0.39 is 0 Å². The van der Waals surface area contributed by atoms with Crippen molar-refractivity contribution in [3.8, 4) is 5.75 Å². The number of para-hydroxylation sites is 1. The van der Waals surface area contributed by atoms with Crippen molar-refractivity contribution in [1.82, 2.24) is 5.32 Å². The Morgan fingerprint density at radius 1 is 1.28 bits per heavy atom. The van der Waals surface area contributed by atoms with Gasteiger partial charge in [0.1, 0.15) is 5.75 Å². The highest BCUT2D eigenvalue weighted by atomic mass is 16.5. The monoisotopic (exact) mass is 247 g/mol. The number of benzene rings is 1. The normalized spacial score (nSPS) is 12.7. The number of carbonyl (C=O) groups excluding carboxylic acids is 1. The van der Waals surface area contributed by atoms with Crippen LogP contribution in [-0.2, 0) is 4.79 Å². The van der Waals surface area contributed by atoms with E-state index in [2.05, 4.69) is 19.2 Å². The van der Waals surface area contributed by atoms with Gasteiger partial charge in [0.25, 0.3) is 0 Å². The quantitative estimate of drug-likeness (QED) is 0.812. The minimum absolute atomic E-state index is 0.0814. The zero-order valence-electron chi connectivity index (χ0n) is 11.4. The van der Waals surface area contributed by atoms with Crippen LogP contribution in [0.2, 0.25) is 0 Å². The molecule has 0 aliphatic carbocycles. The third kappa shape index (κ3) is 4.24. The lowest BCUT2D eigenvalue weighted by atomic mass is 10.1. The SMILES string of the molecule is COc1ccccc1/C=C/C(=O)N[C@@H](C)C(C)C. The Kier molecular flexibility index (Phi) is 5.43. The van der Waals surface area contributed by atoms with Gasteiger partial charge in [0, 0.05) is 17.7 Å². The van der Waals surface area contributed by atoms with Gasteiger partial charge in [-0.2, -0.15) is 0 Å². The van der Waals surface area contributed by atoms with E-state index in [-0.39, 0.29) is 11.9 Å². The molecule has 0 radical (unpaired) electrons. The summed E-state index contributed by atoms with van der Waals surface area (Å²) in [5, 5.41) is 2.92. The topological polar surface area (TPSA) is 38.3 Å². The highest BCUT2D eigenvalue weighted by molar-refractivity contribution is 5.92. The molecular formula is C15H21NO2. The lowest BCUT2D eigenvalue weighted by Crippen LogP contribution is -2.34. The van der Waals surface area contributed by atoms with Gasteiger partial charge in [-0.3, -0.25) is 4.79 Å². The van der Waals surface area contributed by atoms with E-state index >= 15 is 0 Å². The van der Waals surface area contributed by atoms with Crippen LogP contribution >= 0.6 is 0 Å². The molecule has 0 saturated heterocycles. The first-order valence-electron chi connectivity index (χ1n) is 6.16. The summed E-state index contributed by atoms with van der Waals surface area (Å²) in [4.78, 5) is 11.7. The van der Waals surface area contributed by atoms with E-state index in [1.807, 2.05) is 31.2 Å². The second-order valence-electron chi connectivity index (χ2n) is 4.62. The van der Waals surface area contributed by atoms with Gasteiger partial charge in [0.05, 0.1) is 7.11 Å². The minimum Gasteiger partial charge on any atom is -0.496 e. The van der Waals surface area contributed by atoms with E-state index in [0.717, 1.165) is 11.3 Å². The first kappa shape index (κ1) is 14.3. The molecule has 0 aromatic heterocycles. The molecule has 98 valence electrons. The summed E-state index contributed by atoms with van der Waals surface area (Å²) in [6.45, 7) is 6.16. The number of ether oxygens (including phenoxy) is 1. The number of hydrogen-bond donors (Lipinski definition) is 1. The molecule has 1 rings (SSSR count). The molecule has 0 heterocycles. The summed E-state index contributed by atoms with van der Waals surface area (Å²) in [6.07, 6.45) is 3.30. The number of rotatable bonds is 5. The van der Waals surface area contributed by atoms with E-state index in [0.29, 0.717) is 5.92 Å². The predicted octanol–water partition coefficient (Wildman–Crippen LogP) is 2.87. The molecule has 0 saturated carbocycles. The van der Waals surface area contributed by atoms with Crippen molar-refractivity contribution >= 4 is 12.0 Å². The van der Waals surface area contributed by atoms with Gasteiger partial charge in [-0.25, -0.2) is 0 Å². The third-order valence-corrected chi connectivity index (χ3v) is 2.92. The van der Waals surface area contributed by atoms with Crippen LogP contribution in [0.3, 0.4) is 0 Å². The summed E-state index contributed by atoms with van der Waals surface area (Å²) in [5.41, 5.74) is 0.896. The fourth-order valence-corrected chi connectivity index (χ4v) is 1.41. The van der Waals surface area contributed by atoms with E-state index in [9.17, 15) is 4.79 Å². The molecule has 18 heavy (non-hydrogen) atoms. The van der Waals surface area contributed by atoms with Gasteiger partial charge in [-0.15, -0.1) is 0 Å². The zero-order chi connectivity index (χ0) is 13.5. The molecule has 3 nitrogen and oxygen atoms in total.